The molecule has 4 heteroatoms. The molecule has 124 valence electrons. The van der Waals surface area contributed by atoms with Gasteiger partial charge >= 0.3 is 0 Å². The highest BCUT2D eigenvalue weighted by Gasteiger charge is 2.51. The molecular formula is C19H25NO3. The molecule has 0 saturated carbocycles. The number of Topliss-reactive ketones (excluding diaryl/α,β-unsaturated/α-hetero) is 3. The Hall–Kier alpha value is -1.97. The molecule has 0 spiro atoms. The molecule has 1 aromatic carbocycles. The molecule has 1 aliphatic heterocycles. The van der Waals surface area contributed by atoms with Gasteiger partial charge in [0, 0.05) is 24.2 Å². The van der Waals surface area contributed by atoms with Crippen LogP contribution in [0.2, 0.25) is 0 Å². The Balaban J connectivity index is 2.57. The first-order valence-electron chi connectivity index (χ1n) is 8.05. The van der Waals surface area contributed by atoms with Gasteiger partial charge in [0.25, 0.3) is 0 Å². The first-order chi connectivity index (χ1) is 10.7. The monoisotopic (exact) mass is 315 g/mol. The number of benzene rings is 1. The van der Waals surface area contributed by atoms with Crippen LogP contribution < -0.4 is 4.90 Å². The number of rotatable bonds is 4. The highest BCUT2D eigenvalue weighted by Crippen LogP contribution is 2.41. The van der Waals surface area contributed by atoms with Crippen LogP contribution in [0.3, 0.4) is 0 Å². The maximum Gasteiger partial charge on any atom is 0.145 e. The van der Waals surface area contributed by atoms with Gasteiger partial charge < -0.3 is 4.90 Å². The zero-order valence-electron chi connectivity index (χ0n) is 14.6. The van der Waals surface area contributed by atoms with E-state index in [0.717, 1.165) is 11.3 Å². The second-order valence-electron chi connectivity index (χ2n) is 6.77. The normalized spacial score (nSPS) is 23.4. The van der Waals surface area contributed by atoms with Crippen molar-refractivity contribution in [3.8, 4) is 0 Å². The van der Waals surface area contributed by atoms with Crippen molar-refractivity contribution in [3.05, 3.63) is 29.8 Å². The van der Waals surface area contributed by atoms with E-state index in [9.17, 15) is 14.4 Å². The van der Waals surface area contributed by atoms with Crippen molar-refractivity contribution in [2.75, 3.05) is 11.4 Å². The number of piperidine rings is 1. The summed E-state index contributed by atoms with van der Waals surface area (Å²) in [7, 11) is 0. The predicted molar refractivity (Wildman–Crippen MR) is 90.6 cm³/mol. The molecule has 0 amide bonds. The third-order valence-corrected chi connectivity index (χ3v) is 5.38. The Bertz CT molecular complexity index is 636. The van der Waals surface area contributed by atoms with Crippen molar-refractivity contribution >= 4 is 23.0 Å². The molecule has 1 aliphatic rings. The summed E-state index contributed by atoms with van der Waals surface area (Å²) in [5, 5.41) is 0. The molecule has 2 rings (SSSR count). The van der Waals surface area contributed by atoms with E-state index in [2.05, 4.69) is 4.90 Å². The lowest BCUT2D eigenvalue weighted by Crippen LogP contribution is -2.59. The second-order valence-corrected chi connectivity index (χ2v) is 6.77. The van der Waals surface area contributed by atoms with Crippen LogP contribution in [-0.4, -0.2) is 29.9 Å². The molecule has 1 saturated heterocycles. The van der Waals surface area contributed by atoms with Crippen LogP contribution >= 0.6 is 0 Å². The summed E-state index contributed by atoms with van der Waals surface area (Å²) in [6, 6.07) is 7.84. The Kier molecular flexibility index (Phi) is 4.73. The van der Waals surface area contributed by atoms with E-state index < -0.39 is 5.41 Å². The van der Waals surface area contributed by atoms with Gasteiger partial charge in [0.2, 0.25) is 0 Å². The van der Waals surface area contributed by atoms with Gasteiger partial charge in [0.05, 0.1) is 0 Å². The van der Waals surface area contributed by atoms with Gasteiger partial charge in [0.1, 0.15) is 22.8 Å². The third-order valence-electron chi connectivity index (χ3n) is 5.38. The molecule has 1 heterocycles. The van der Waals surface area contributed by atoms with Crippen LogP contribution in [-0.2, 0) is 14.4 Å². The summed E-state index contributed by atoms with van der Waals surface area (Å²) in [6.45, 7) is 8.82. The lowest BCUT2D eigenvalue weighted by molar-refractivity contribution is -0.141. The molecule has 2 unspecified atom stereocenters. The van der Waals surface area contributed by atoms with Gasteiger partial charge in [-0.3, -0.25) is 14.4 Å². The molecule has 0 aliphatic carbocycles. The van der Waals surface area contributed by atoms with Crippen molar-refractivity contribution in [2.45, 2.75) is 47.1 Å². The van der Waals surface area contributed by atoms with Crippen LogP contribution in [0.15, 0.2) is 24.3 Å². The number of para-hydroxylation sites is 1. The Morgan fingerprint density at radius 3 is 2.13 bits per heavy atom. The van der Waals surface area contributed by atoms with E-state index in [1.165, 1.54) is 13.8 Å². The fourth-order valence-electron chi connectivity index (χ4n) is 3.69. The third kappa shape index (κ3) is 2.94. The average Bonchev–Trinajstić information content (AvgIpc) is 2.47. The van der Waals surface area contributed by atoms with Gasteiger partial charge in [0.15, 0.2) is 0 Å². The van der Waals surface area contributed by atoms with E-state index in [1.807, 2.05) is 38.1 Å². The number of anilines is 1. The lowest BCUT2D eigenvalue weighted by Gasteiger charge is -2.48. The highest BCUT2D eigenvalue weighted by molar-refractivity contribution is 6.06. The van der Waals surface area contributed by atoms with Gasteiger partial charge in [-0.25, -0.2) is 0 Å². The molecule has 0 radical (unpaired) electrons. The second kappa shape index (κ2) is 6.26. The fraction of sp³-hybridized carbons (Fsp3) is 0.526. The van der Waals surface area contributed by atoms with Crippen LogP contribution in [0.5, 0.6) is 0 Å². The molecule has 0 N–H and O–H groups in total. The maximum atomic E-state index is 12.3. The van der Waals surface area contributed by atoms with Gasteiger partial charge in [-0.1, -0.05) is 18.2 Å². The summed E-state index contributed by atoms with van der Waals surface area (Å²) in [4.78, 5) is 38.9. The number of carbonyl (C=O) groups is 3. The van der Waals surface area contributed by atoms with Gasteiger partial charge in [-0.05, 0) is 52.7 Å². The number of hydrogen-bond donors (Lipinski definition) is 0. The molecular weight excluding hydrogens is 290 g/mol. The largest absolute Gasteiger partial charge is 0.366 e. The SMILES string of the molecule is CC(=O)C1CC(C(C)=O)(C(C)=O)CN(c2ccccc2C)C1C. The molecule has 23 heavy (non-hydrogen) atoms. The number of carbonyl (C=O) groups excluding carboxylic acids is 3. The van der Waals surface area contributed by atoms with Crippen molar-refractivity contribution < 1.29 is 14.4 Å². The van der Waals surface area contributed by atoms with E-state index in [1.54, 1.807) is 6.92 Å². The maximum absolute atomic E-state index is 12.3. The number of nitrogens with zero attached hydrogens (tertiary/aromatic N) is 1. The van der Waals surface area contributed by atoms with Crippen molar-refractivity contribution in [1.29, 1.82) is 0 Å². The lowest BCUT2D eigenvalue weighted by atomic mass is 9.67. The molecule has 1 aromatic rings. The minimum Gasteiger partial charge on any atom is -0.366 e. The minimum absolute atomic E-state index is 0.0302. The van der Waals surface area contributed by atoms with E-state index >= 15 is 0 Å². The number of ketones is 3. The molecule has 1 fully saturated rings. The van der Waals surface area contributed by atoms with Crippen LogP contribution in [0, 0.1) is 18.3 Å². The zero-order chi connectivity index (χ0) is 17.4. The topological polar surface area (TPSA) is 54.5 Å². The fourth-order valence-corrected chi connectivity index (χ4v) is 3.69. The standard InChI is InChI=1S/C19H25NO3/c1-12-8-6-7-9-18(12)20-11-19(15(4)22,16(5)23)10-17(13(20)2)14(3)21/h6-9,13,17H,10-11H2,1-5H3. The minimum atomic E-state index is -1.09. The van der Waals surface area contributed by atoms with Crippen LogP contribution in [0.4, 0.5) is 5.69 Å². The molecule has 2 atom stereocenters. The number of aryl methyl sites for hydroxylation is 1. The highest BCUT2D eigenvalue weighted by atomic mass is 16.2. The van der Waals surface area contributed by atoms with Crippen molar-refractivity contribution in [2.24, 2.45) is 11.3 Å². The summed E-state index contributed by atoms with van der Waals surface area (Å²) < 4.78 is 0. The van der Waals surface area contributed by atoms with E-state index in [4.69, 9.17) is 0 Å². The van der Waals surface area contributed by atoms with Gasteiger partial charge in [-0.15, -0.1) is 0 Å². The smallest absolute Gasteiger partial charge is 0.145 e. The zero-order valence-corrected chi connectivity index (χ0v) is 14.6. The van der Waals surface area contributed by atoms with E-state index in [-0.39, 0.29) is 29.3 Å². The molecule has 4 nitrogen and oxygen atoms in total. The van der Waals surface area contributed by atoms with Crippen LogP contribution in [0.1, 0.15) is 39.7 Å². The summed E-state index contributed by atoms with van der Waals surface area (Å²) in [5.41, 5.74) is 0.966. The Morgan fingerprint density at radius 2 is 1.65 bits per heavy atom. The van der Waals surface area contributed by atoms with E-state index in [0.29, 0.717) is 13.0 Å². The van der Waals surface area contributed by atoms with Gasteiger partial charge in [-0.2, -0.15) is 0 Å². The summed E-state index contributed by atoms with van der Waals surface area (Å²) in [6.07, 6.45) is 0.316. The summed E-state index contributed by atoms with van der Waals surface area (Å²) >= 11 is 0. The quantitative estimate of drug-likeness (QED) is 0.802. The first-order valence-corrected chi connectivity index (χ1v) is 8.05. The first kappa shape index (κ1) is 17.4. The van der Waals surface area contributed by atoms with Crippen molar-refractivity contribution in [1.82, 2.24) is 0 Å². The van der Waals surface area contributed by atoms with Crippen LogP contribution in [0.25, 0.3) is 0 Å². The summed E-state index contributed by atoms with van der Waals surface area (Å²) in [5.74, 6) is -0.595. The average molecular weight is 315 g/mol. The Morgan fingerprint density at radius 1 is 1.09 bits per heavy atom. The van der Waals surface area contributed by atoms with Crippen molar-refractivity contribution in [3.63, 3.8) is 0 Å². The predicted octanol–water partition coefficient (Wildman–Crippen LogP) is 2.96. The molecule has 0 bridgehead atoms. The Labute approximate surface area is 137 Å². The molecule has 0 aromatic heterocycles. The number of hydrogen-bond acceptors (Lipinski definition) is 4.